The maximum Gasteiger partial charge on any atom is 0.488 e. The number of nitrogens with zero attached hydrogens (tertiary/aromatic N) is 1. The van der Waals surface area contributed by atoms with E-state index in [1.807, 2.05) is 29.5 Å². The second-order valence-corrected chi connectivity index (χ2v) is 9.52. The van der Waals surface area contributed by atoms with Crippen LogP contribution >= 0.6 is 11.3 Å². The van der Waals surface area contributed by atoms with E-state index in [-0.39, 0.29) is 0 Å². The quantitative estimate of drug-likeness (QED) is 0.270. The molecule has 0 aliphatic rings. The minimum absolute atomic E-state index is 0.483. The second kappa shape index (κ2) is 9.04. The first-order valence-electron chi connectivity index (χ1n) is 11.5. The summed E-state index contributed by atoms with van der Waals surface area (Å²) in [5, 5.41) is 21.3. The standard InChI is InChI=1S/C30H22BNO2S/c33-31(34)23-17-13-21(14-18-23)22-15-19-25(20-16-22)32(24-7-2-1-3-8-24)28-11-6-10-27-26-9-4-5-12-29(26)35-30(27)28/h1-20,33-34H. The Bertz CT molecular complexity index is 1610. The summed E-state index contributed by atoms with van der Waals surface area (Å²) in [5.74, 6) is 0. The Hall–Kier alpha value is -3.90. The topological polar surface area (TPSA) is 43.7 Å². The van der Waals surface area contributed by atoms with Gasteiger partial charge in [0, 0.05) is 26.8 Å². The zero-order valence-corrected chi connectivity index (χ0v) is 19.7. The number of rotatable bonds is 5. The van der Waals surface area contributed by atoms with Crippen molar-refractivity contribution in [2.24, 2.45) is 0 Å². The molecular formula is C30H22BNO2S. The third kappa shape index (κ3) is 4.00. The molecule has 0 radical (unpaired) electrons. The van der Waals surface area contributed by atoms with Crippen LogP contribution in [0.5, 0.6) is 0 Å². The number of hydrogen-bond donors (Lipinski definition) is 2. The third-order valence-corrected chi connectivity index (χ3v) is 7.52. The lowest BCUT2D eigenvalue weighted by Gasteiger charge is -2.26. The van der Waals surface area contributed by atoms with Gasteiger partial charge in [-0.05, 0) is 53.0 Å². The normalized spacial score (nSPS) is 11.1. The van der Waals surface area contributed by atoms with E-state index in [0.29, 0.717) is 5.46 Å². The van der Waals surface area contributed by atoms with E-state index in [9.17, 15) is 10.0 Å². The van der Waals surface area contributed by atoms with Crippen molar-refractivity contribution in [3.05, 3.63) is 121 Å². The highest BCUT2D eigenvalue weighted by Crippen LogP contribution is 2.44. The molecule has 0 aliphatic heterocycles. The summed E-state index contributed by atoms with van der Waals surface area (Å²) < 4.78 is 2.55. The Kier molecular flexibility index (Phi) is 5.59. The first-order chi connectivity index (χ1) is 17.2. The Balaban J connectivity index is 1.47. The predicted molar refractivity (Wildman–Crippen MR) is 149 cm³/mol. The lowest BCUT2D eigenvalue weighted by Crippen LogP contribution is -2.29. The molecule has 35 heavy (non-hydrogen) atoms. The van der Waals surface area contributed by atoms with E-state index in [4.69, 9.17) is 0 Å². The van der Waals surface area contributed by atoms with Gasteiger partial charge in [-0.2, -0.15) is 0 Å². The van der Waals surface area contributed by atoms with Crippen LogP contribution in [-0.2, 0) is 0 Å². The molecule has 1 aromatic heterocycles. The van der Waals surface area contributed by atoms with E-state index in [0.717, 1.165) is 28.2 Å². The molecule has 0 saturated heterocycles. The lowest BCUT2D eigenvalue weighted by atomic mass is 9.80. The molecule has 0 aliphatic carbocycles. The van der Waals surface area contributed by atoms with Crippen molar-refractivity contribution in [1.29, 1.82) is 0 Å². The molecule has 5 aromatic carbocycles. The molecular weight excluding hydrogens is 449 g/mol. The smallest absolute Gasteiger partial charge is 0.423 e. The number of para-hydroxylation sites is 1. The van der Waals surface area contributed by atoms with Crippen LogP contribution < -0.4 is 10.4 Å². The molecule has 0 saturated carbocycles. The number of benzene rings is 5. The third-order valence-electron chi connectivity index (χ3n) is 6.31. The van der Waals surface area contributed by atoms with Crippen LogP contribution in [0.1, 0.15) is 0 Å². The van der Waals surface area contributed by atoms with Crippen molar-refractivity contribution < 1.29 is 10.0 Å². The van der Waals surface area contributed by atoms with Gasteiger partial charge in [-0.15, -0.1) is 11.3 Å². The van der Waals surface area contributed by atoms with E-state index >= 15 is 0 Å². The Labute approximate surface area is 208 Å². The van der Waals surface area contributed by atoms with E-state index in [2.05, 4.69) is 95.9 Å². The van der Waals surface area contributed by atoms with Crippen LogP contribution in [0.15, 0.2) is 121 Å². The highest BCUT2D eigenvalue weighted by atomic mass is 32.1. The van der Waals surface area contributed by atoms with Crippen molar-refractivity contribution in [2.45, 2.75) is 0 Å². The van der Waals surface area contributed by atoms with Crippen molar-refractivity contribution in [1.82, 2.24) is 0 Å². The average Bonchev–Trinajstić information content (AvgIpc) is 3.30. The molecule has 3 nitrogen and oxygen atoms in total. The van der Waals surface area contributed by atoms with Gasteiger partial charge in [-0.25, -0.2) is 0 Å². The highest BCUT2D eigenvalue weighted by molar-refractivity contribution is 7.26. The number of anilines is 3. The van der Waals surface area contributed by atoms with Crippen LogP contribution in [0.3, 0.4) is 0 Å². The molecule has 0 fully saturated rings. The SMILES string of the molecule is OB(O)c1ccc(-c2ccc(N(c3ccccc3)c3cccc4c3sc3ccccc34)cc2)cc1. The zero-order valence-electron chi connectivity index (χ0n) is 18.9. The van der Waals surface area contributed by atoms with Gasteiger partial charge in [-0.1, -0.05) is 84.9 Å². The van der Waals surface area contributed by atoms with E-state index in [1.165, 1.54) is 20.2 Å². The molecule has 2 N–H and O–H groups in total. The van der Waals surface area contributed by atoms with Crippen LogP contribution in [0.4, 0.5) is 17.1 Å². The summed E-state index contributed by atoms with van der Waals surface area (Å²) in [6, 6.07) is 41.4. The minimum Gasteiger partial charge on any atom is -0.423 e. The Morgan fingerprint density at radius 3 is 1.86 bits per heavy atom. The summed E-state index contributed by atoms with van der Waals surface area (Å²) in [5.41, 5.74) is 5.92. The predicted octanol–water partition coefficient (Wildman–Crippen LogP) is 6.87. The van der Waals surface area contributed by atoms with Crippen LogP contribution in [-0.4, -0.2) is 17.2 Å². The van der Waals surface area contributed by atoms with Crippen molar-refractivity contribution >= 4 is 61.2 Å². The van der Waals surface area contributed by atoms with Gasteiger partial charge >= 0.3 is 7.12 Å². The maximum atomic E-state index is 9.37. The molecule has 0 amide bonds. The van der Waals surface area contributed by atoms with Gasteiger partial charge in [0.2, 0.25) is 0 Å². The molecule has 1 heterocycles. The van der Waals surface area contributed by atoms with Gasteiger partial charge < -0.3 is 14.9 Å². The van der Waals surface area contributed by atoms with Gasteiger partial charge in [0.25, 0.3) is 0 Å². The largest absolute Gasteiger partial charge is 0.488 e. The first-order valence-corrected chi connectivity index (χ1v) is 12.3. The van der Waals surface area contributed by atoms with Gasteiger partial charge in [0.05, 0.1) is 10.4 Å². The molecule has 168 valence electrons. The molecule has 0 bridgehead atoms. The van der Waals surface area contributed by atoms with Crippen LogP contribution in [0.25, 0.3) is 31.3 Å². The summed E-state index contributed by atoms with van der Waals surface area (Å²) in [4.78, 5) is 2.31. The molecule has 5 heteroatoms. The van der Waals surface area contributed by atoms with Crippen molar-refractivity contribution in [3.63, 3.8) is 0 Å². The molecule has 6 aromatic rings. The summed E-state index contributed by atoms with van der Waals surface area (Å²) in [6.07, 6.45) is 0. The zero-order chi connectivity index (χ0) is 23.8. The Morgan fingerprint density at radius 2 is 1.14 bits per heavy atom. The van der Waals surface area contributed by atoms with Crippen LogP contribution in [0.2, 0.25) is 0 Å². The molecule has 0 spiro atoms. The first kappa shape index (κ1) is 21.6. The van der Waals surface area contributed by atoms with E-state index in [1.54, 1.807) is 12.1 Å². The van der Waals surface area contributed by atoms with Gasteiger partial charge in [0.1, 0.15) is 0 Å². The molecule has 0 atom stereocenters. The summed E-state index contributed by atoms with van der Waals surface area (Å²) in [6.45, 7) is 0. The minimum atomic E-state index is -1.46. The molecule has 6 rings (SSSR count). The number of fused-ring (bicyclic) bond motifs is 3. The van der Waals surface area contributed by atoms with Crippen LogP contribution in [0, 0.1) is 0 Å². The number of thiophene rings is 1. The average molecular weight is 471 g/mol. The monoisotopic (exact) mass is 471 g/mol. The van der Waals surface area contributed by atoms with Gasteiger partial charge in [0.15, 0.2) is 0 Å². The highest BCUT2D eigenvalue weighted by Gasteiger charge is 2.18. The van der Waals surface area contributed by atoms with Gasteiger partial charge in [-0.3, -0.25) is 0 Å². The van der Waals surface area contributed by atoms with E-state index < -0.39 is 7.12 Å². The summed E-state index contributed by atoms with van der Waals surface area (Å²) in [7, 11) is -1.46. The molecule has 0 unspecified atom stereocenters. The summed E-state index contributed by atoms with van der Waals surface area (Å²) >= 11 is 1.83. The van der Waals surface area contributed by atoms with Crippen molar-refractivity contribution in [3.8, 4) is 11.1 Å². The van der Waals surface area contributed by atoms with Crippen molar-refractivity contribution in [2.75, 3.05) is 4.90 Å². The number of hydrogen-bond acceptors (Lipinski definition) is 4. The lowest BCUT2D eigenvalue weighted by molar-refractivity contribution is 0.426. The fourth-order valence-electron chi connectivity index (χ4n) is 4.56. The fraction of sp³-hybridized carbons (Fsp3) is 0. The second-order valence-electron chi connectivity index (χ2n) is 8.47. The fourth-order valence-corrected chi connectivity index (χ4v) is 5.77. The maximum absolute atomic E-state index is 9.37. The Morgan fingerprint density at radius 1 is 0.543 bits per heavy atom.